The molecule has 0 N–H and O–H groups in total. The van der Waals surface area contributed by atoms with Crippen molar-refractivity contribution < 1.29 is 9.53 Å². The Bertz CT molecular complexity index is 410. The van der Waals surface area contributed by atoms with Gasteiger partial charge in [-0.25, -0.2) is 4.79 Å². The topological polar surface area (TPSA) is 29.5 Å². The van der Waals surface area contributed by atoms with E-state index in [0.29, 0.717) is 5.57 Å². The zero-order valence-electron chi connectivity index (χ0n) is 11.5. The molecule has 1 unspecified atom stereocenters. The van der Waals surface area contributed by atoms with E-state index in [-0.39, 0.29) is 12.2 Å². The summed E-state index contributed by atoms with van der Waals surface area (Å²) in [4.78, 5) is 13.6. The largest absolute Gasteiger partial charge is 0.443 e. The van der Waals surface area contributed by atoms with E-state index in [1.165, 1.54) is 5.56 Å². The van der Waals surface area contributed by atoms with Crippen molar-refractivity contribution in [2.45, 2.75) is 26.5 Å². The smallest absolute Gasteiger partial charge is 0.334 e. The lowest BCUT2D eigenvalue weighted by molar-refractivity contribution is -0.150. The molecule has 18 heavy (non-hydrogen) atoms. The van der Waals surface area contributed by atoms with Crippen molar-refractivity contribution in [1.29, 1.82) is 0 Å². The van der Waals surface area contributed by atoms with Crippen LogP contribution in [0, 0.1) is 0 Å². The number of hydrogen-bond donors (Lipinski definition) is 0. The summed E-state index contributed by atoms with van der Waals surface area (Å²) in [6, 6.07) is 10.0. The molecule has 0 fully saturated rings. The van der Waals surface area contributed by atoms with Gasteiger partial charge in [-0.3, -0.25) is 4.90 Å². The van der Waals surface area contributed by atoms with Gasteiger partial charge in [-0.05, 0) is 39.9 Å². The van der Waals surface area contributed by atoms with Crippen molar-refractivity contribution in [2.75, 3.05) is 14.1 Å². The first-order valence-electron chi connectivity index (χ1n) is 6.09. The van der Waals surface area contributed by atoms with Gasteiger partial charge in [0.05, 0.1) is 0 Å². The molecule has 0 bridgehead atoms. The van der Waals surface area contributed by atoms with Gasteiger partial charge in [-0.2, -0.15) is 0 Å². The number of allylic oxidation sites excluding steroid dienone is 1. The molecular weight excluding hydrogens is 226 g/mol. The van der Waals surface area contributed by atoms with E-state index in [1.807, 2.05) is 62.3 Å². The molecule has 0 aliphatic rings. The molecule has 1 aromatic rings. The molecule has 0 heterocycles. The maximum atomic E-state index is 11.8. The van der Waals surface area contributed by atoms with E-state index in [4.69, 9.17) is 4.74 Å². The molecule has 3 nitrogen and oxygen atoms in total. The molecule has 98 valence electrons. The van der Waals surface area contributed by atoms with E-state index in [9.17, 15) is 4.79 Å². The second-order valence-corrected chi connectivity index (χ2v) is 4.55. The number of esters is 1. The van der Waals surface area contributed by atoms with Gasteiger partial charge in [-0.15, -0.1) is 0 Å². The highest BCUT2D eigenvalue weighted by molar-refractivity contribution is 5.87. The zero-order chi connectivity index (χ0) is 13.5. The van der Waals surface area contributed by atoms with Crippen LogP contribution in [-0.4, -0.2) is 31.2 Å². The average Bonchev–Trinajstić information content (AvgIpc) is 2.36. The number of hydrogen-bond acceptors (Lipinski definition) is 3. The average molecular weight is 247 g/mol. The standard InChI is InChI=1S/C15H21NO2/c1-12(15(17)18-13(2)16(3)4)10-11-14-8-6-5-7-9-14/h5-10,13H,11H2,1-4H3. The van der Waals surface area contributed by atoms with Crippen LogP contribution in [0.3, 0.4) is 0 Å². The Hall–Kier alpha value is -1.61. The number of carbonyl (C=O) groups is 1. The van der Waals surface area contributed by atoms with Crippen LogP contribution in [0.25, 0.3) is 0 Å². The van der Waals surface area contributed by atoms with Gasteiger partial charge in [0.15, 0.2) is 6.23 Å². The SMILES string of the molecule is CC(=CCc1ccccc1)C(=O)OC(C)N(C)C. The van der Waals surface area contributed by atoms with Crippen molar-refractivity contribution in [3.05, 3.63) is 47.5 Å². The monoisotopic (exact) mass is 247 g/mol. The molecule has 0 aliphatic heterocycles. The summed E-state index contributed by atoms with van der Waals surface area (Å²) in [6.45, 7) is 3.63. The molecular formula is C15H21NO2. The minimum atomic E-state index is -0.257. The second kappa shape index (κ2) is 6.97. The van der Waals surface area contributed by atoms with Gasteiger partial charge in [0.25, 0.3) is 0 Å². The van der Waals surface area contributed by atoms with Crippen LogP contribution >= 0.6 is 0 Å². The van der Waals surface area contributed by atoms with Gasteiger partial charge in [-0.1, -0.05) is 36.4 Å². The van der Waals surface area contributed by atoms with Crippen molar-refractivity contribution in [2.24, 2.45) is 0 Å². The van der Waals surface area contributed by atoms with Crippen molar-refractivity contribution in [3.63, 3.8) is 0 Å². The van der Waals surface area contributed by atoms with Crippen LogP contribution in [0.15, 0.2) is 42.0 Å². The summed E-state index contributed by atoms with van der Waals surface area (Å²) in [5, 5.41) is 0. The molecule has 1 aromatic carbocycles. The predicted octanol–water partition coefficient (Wildman–Crippen LogP) is 2.63. The second-order valence-electron chi connectivity index (χ2n) is 4.55. The van der Waals surface area contributed by atoms with Gasteiger partial charge < -0.3 is 4.74 Å². The highest BCUT2D eigenvalue weighted by Gasteiger charge is 2.12. The molecule has 0 spiro atoms. The maximum Gasteiger partial charge on any atom is 0.334 e. The lowest BCUT2D eigenvalue weighted by atomic mass is 10.1. The van der Waals surface area contributed by atoms with Crippen molar-refractivity contribution >= 4 is 5.97 Å². The Kier molecular flexibility index (Phi) is 5.59. The Labute approximate surface area is 109 Å². The molecule has 0 saturated carbocycles. The summed E-state index contributed by atoms with van der Waals surface area (Å²) in [6.07, 6.45) is 2.44. The molecule has 1 rings (SSSR count). The van der Waals surface area contributed by atoms with E-state index in [1.54, 1.807) is 6.92 Å². The third kappa shape index (κ3) is 4.72. The van der Waals surface area contributed by atoms with E-state index in [0.717, 1.165) is 6.42 Å². The molecule has 3 heteroatoms. The summed E-state index contributed by atoms with van der Waals surface area (Å²) in [5.74, 6) is -0.257. The van der Waals surface area contributed by atoms with Gasteiger partial charge >= 0.3 is 5.97 Å². The number of rotatable bonds is 5. The first-order chi connectivity index (χ1) is 8.50. The van der Waals surface area contributed by atoms with E-state index in [2.05, 4.69) is 0 Å². The predicted molar refractivity (Wildman–Crippen MR) is 73.1 cm³/mol. The Balaban J connectivity index is 2.53. The molecule has 0 amide bonds. The number of carbonyl (C=O) groups excluding carboxylic acids is 1. The normalized spacial score (nSPS) is 13.5. The summed E-state index contributed by atoms with van der Waals surface area (Å²) in [5.41, 5.74) is 1.83. The first-order valence-corrected chi connectivity index (χ1v) is 6.09. The van der Waals surface area contributed by atoms with Crippen molar-refractivity contribution in [1.82, 2.24) is 4.90 Å². The van der Waals surface area contributed by atoms with E-state index >= 15 is 0 Å². The fourth-order valence-corrected chi connectivity index (χ4v) is 1.32. The molecule has 0 radical (unpaired) electrons. The van der Waals surface area contributed by atoms with Gasteiger partial charge in [0.2, 0.25) is 0 Å². The van der Waals surface area contributed by atoms with Gasteiger partial charge in [0.1, 0.15) is 0 Å². The lowest BCUT2D eigenvalue weighted by Crippen LogP contribution is -2.30. The molecule has 0 saturated heterocycles. The third-order valence-corrected chi connectivity index (χ3v) is 2.81. The quantitative estimate of drug-likeness (QED) is 0.455. The van der Waals surface area contributed by atoms with Gasteiger partial charge in [0, 0.05) is 5.57 Å². The fourth-order valence-electron chi connectivity index (χ4n) is 1.32. The molecule has 0 aliphatic carbocycles. The Morgan fingerprint density at radius 2 is 1.94 bits per heavy atom. The van der Waals surface area contributed by atoms with Crippen LogP contribution in [0.1, 0.15) is 19.4 Å². The minimum Gasteiger partial charge on any atom is -0.443 e. The first kappa shape index (κ1) is 14.5. The van der Waals surface area contributed by atoms with Crippen LogP contribution in [-0.2, 0) is 16.0 Å². The summed E-state index contributed by atoms with van der Waals surface area (Å²) < 4.78 is 5.28. The number of ether oxygens (including phenoxy) is 1. The highest BCUT2D eigenvalue weighted by atomic mass is 16.6. The maximum absolute atomic E-state index is 11.8. The minimum absolute atomic E-state index is 0.211. The number of nitrogens with zero attached hydrogens (tertiary/aromatic N) is 1. The van der Waals surface area contributed by atoms with Crippen LogP contribution in [0.4, 0.5) is 0 Å². The van der Waals surface area contributed by atoms with E-state index < -0.39 is 0 Å². The van der Waals surface area contributed by atoms with Crippen LogP contribution in [0.2, 0.25) is 0 Å². The highest BCUT2D eigenvalue weighted by Crippen LogP contribution is 2.06. The molecule has 0 aromatic heterocycles. The Morgan fingerprint density at radius 1 is 1.33 bits per heavy atom. The fraction of sp³-hybridized carbons (Fsp3) is 0.400. The molecule has 1 atom stereocenters. The van der Waals surface area contributed by atoms with Crippen LogP contribution in [0.5, 0.6) is 0 Å². The zero-order valence-corrected chi connectivity index (χ0v) is 11.5. The summed E-state index contributed by atoms with van der Waals surface area (Å²) >= 11 is 0. The summed E-state index contributed by atoms with van der Waals surface area (Å²) in [7, 11) is 3.75. The third-order valence-electron chi connectivity index (χ3n) is 2.81. The van der Waals surface area contributed by atoms with Crippen molar-refractivity contribution in [3.8, 4) is 0 Å². The number of benzene rings is 1. The Morgan fingerprint density at radius 3 is 2.50 bits per heavy atom. The lowest BCUT2D eigenvalue weighted by Gasteiger charge is -2.20. The van der Waals surface area contributed by atoms with Crippen LogP contribution < -0.4 is 0 Å².